The molecule has 2 heterocycles. The van der Waals surface area contributed by atoms with Crippen molar-refractivity contribution in [2.75, 3.05) is 19.6 Å². The van der Waals surface area contributed by atoms with E-state index in [9.17, 15) is 4.79 Å². The molecule has 104 valence electrons. The van der Waals surface area contributed by atoms with Gasteiger partial charge in [0.15, 0.2) is 0 Å². The van der Waals surface area contributed by atoms with Crippen molar-refractivity contribution in [2.45, 2.75) is 32.1 Å². The summed E-state index contributed by atoms with van der Waals surface area (Å²) in [6, 6.07) is 3.94. The lowest BCUT2D eigenvalue weighted by Crippen LogP contribution is -2.38. The lowest BCUT2D eigenvalue weighted by Gasteiger charge is -2.32. The third-order valence-electron chi connectivity index (χ3n) is 3.89. The van der Waals surface area contributed by atoms with E-state index in [2.05, 4.69) is 4.98 Å². The van der Waals surface area contributed by atoms with Crippen LogP contribution in [-0.4, -0.2) is 35.4 Å². The van der Waals surface area contributed by atoms with Gasteiger partial charge in [-0.1, -0.05) is 6.07 Å². The molecule has 1 aromatic rings. The molecule has 1 saturated heterocycles. The molecule has 4 nitrogen and oxygen atoms in total. The van der Waals surface area contributed by atoms with E-state index < -0.39 is 0 Å². The van der Waals surface area contributed by atoms with E-state index in [-0.39, 0.29) is 5.91 Å². The zero-order chi connectivity index (χ0) is 13.5. The van der Waals surface area contributed by atoms with Gasteiger partial charge in [-0.15, -0.1) is 0 Å². The minimum Gasteiger partial charge on any atom is -0.343 e. The first-order valence-electron chi connectivity index (χ1n) is 7.16. The van der Waals surface area contributed by atoms with E-state index >= 15 is 0 Å². The van der Waals surface area contributed by atoms with E-state index in [0.29, 0.717) is 12.3 Å². The van der Waals surface area contributed by atoms with Gasteiger partial charge in [0.05, 0.1) is 0 Å². The van der Waals surface area contributed by atoms with Crippen molar-refractivity contribution in [3.05, 3.63) is 30.1 Å². The van der Waals surface area contributed by atoms with E-state index in [1.54, 1.807) is 6.20 Å². The number of aromatic nitrogens is 1. The maximum atomic E-state index is 12.1. The summed E-state index contributed by atoms with van der Waals surface area (Å²) in [6.45, 7) is 2.56. The number of nitrogens with two attached hydrogens (primary N) is 1. The summed E-state index contributed by atoms with van der Waals surface area (Å²) in [5, 5.41) is 0. The third-order valence-corrected chi connectivity index (χ3v) is 3.89. The predicted molar refractivity (Wildman–Crippen MR) is 75.5 cm³/mol. The molecular weight excluding hydrogens is 238 g/mol. The van der Waals surface area contributed by atoms with Gasteiger partial charge in [-0.3, -0.25) is 9.78 Å². The minimum absolute atomic E-state index is 0.273. The van der Waals surface area contributed by atoms with Crippen LogP contribution < -0.4 is 5.73 Å². The summed E-state index contributed by atoms with van der Waals surface area (Å²) >= 11 is 0. The number of piperidine rings is 1. The van der Waals surface area contributed by atoms with Crippen molar-refractivity contribution >= 4 is 5.91 Å². The molecule has 2 N–H and O–H groups in total. The zero-order valence-electron chi connectivity index (χ0n) is 11.4. The van der Waals surface area contributed by atoms with E-state index in [4.69, 9.17) is 5.73 Å². The standard InChI is InChI=1S/C15H23N3O/c16-8-5-13-6-10-18(11-7-13)15(19)4-3-14-2-1-9-17-12-14/h1-2,9,12-13H,3-8,10-11,16H2. The van der Waals surface area contributed by atoms with Gasteiger partial charge in [0.25, 0.3) is 0 Å². The van der Waals surface area contributed by atoms with Crippen LogP contribution in [0.2, 0.25) is 0 Å². The Labute approximate surface area is 115 Å². The first-order valence-corrected chi connectivity index (χ1v) is 7.16. The second-order valence-electron chi connectivity index (χ2n) is 5.26. The molecule has 0 unspecified atom stereocenters. The maximum Gasteiger partial charge on any atom is 0.222 e. The number of hydrogen-bond donors (Lipinski definition) is 1. The lowest BCUT2D eigenvalue weighted by atomic mass is 9.93. The molecule has 0 atom stereocenters. The van der Waals surface area contributed by atoms with Crippen LogP contribution in [0.4, 0.5) is 0 Å². The van der Waals surface area contributed by atoms with E-state index in [1.165, 1.54) is 0 Å². The van der Waals surface area contributed by atoms with Crippen LogP contribution in [0.3, 0.4) is 0 Å². The topological polar surface area (TPSA) is 59.2 Å². The van der Waals surface area contributed by atoms with Crippen LogP contribution in [0, 0.1) is 5.92 Å². The predicted octanol–water partition coefficient (Wildman–Crippen LogP) is 1.60. The van der Waals surface area contributed by atoms with Crippen molar-refractivity contribution in [1.82, 2.24) is 9.88 Å². The van der Waals surface area contributed by atoms with Gasteiger partial charge in [-0.25, -0.2) is 0 Å². The van der Waals surface area contributed by atoms with E-state index in [0.717, 1.165) is 50.9 Å². The Hall–Kier alpha value is -1.42. The van der Waals surface area contributed by atoms with Gasteiger partial charge in [0, 0.05) is 31.9 Å². The Morgan fingerprint density at radius 3 is 2.84 bits per heavy atom. The summed E-state index contributed by atoms with van der Waals surface area (Å²) in [7, 11) is 0. The molecular formula is C15H23N3O. The average Bonchev–Trinajstić information content (AvgIpc) is 2.47. The number of carbonyl (C=O) groups excluding carboxylic acids is 1. The molecule has 19 heavy (non-hydrogen) atoms. The largest absolute Gasteiger partial charge is 0.343 e. The first-order chi connectivity index (χ1) is 9.29. The number of likely N-dealkylation sites (tertiary alicyclic amines) is 1. The Kier molecular flexibility index (Phi) is 5.33. The first kappa shape index (κ1) is 14.0. The number of amides is 1. The van der Waals surface area contributed by atoms with Crippen LogP contribution in [0.15, 0.2) is 24.5 Å². The molecule has 0 radical (unpaired) electrons. The lowest BCUT2D eigenvalue weighted by molar-refractivity contribution is -0.132. The quantitative estimate of drug-likeness (QED) is 0.876. The molecule has 4 heteroatoms. The van der Waals surface area contributed by atoms with Crippen LogP contribution in [0.5, 0.6) is 0 Å². The molecule has 1 aliphatic rings. The molecule has 1 aliphatic heterocycles. The zero-order valence-corrected chi connectivity index (χ0v) is 11.4. The summed E-state index contributed by atoms with van der Waals surface area (Å²) in [4.78, 5) is 18.2. The highest BCUT2D eigenvalue weighted by atomic mass is 16.2. The fourth-order valence-corrected chi connectivity index (χ4v) is 2.66. The molecule has 1 aromatic heterocycles. The highest BCUT2D eigenvalue weighted by Gasteiger charge is 2.21. The Bertz CT molecular complexity index is 386. The number of aryl methyl sites for hydroxylation is 1. The molecule has 0 spiro atoms. The van der Waals surface area contributed by atoms with E-state index in [1.807, 2.05) is 23.2 Å². The number of hydrogen-bond acceptors (Lipinski definition) is 3. The van der Waals surface area contributed by atoms with Crippen LogP contribution in [0.1, 0.15) is 31.2 Å². The second-order valence-corrected chi connectivity index (χ2v) is 5.26. The van der Waals surface area contributed by atoms with Crippen molar-refractivity contribution in [1.29, 1.82) is 0 Å². The van der Waals surface area contributed by atoms with Gasteiger partial charge in [0.2, 0.25) is 5.91 Å². The van der Waals surface area contributed by atoms with Crippen molar-refractivity contribution in [3.8, 4) is 0 Å². The van der Waals surface area contributed by atoms with Crippen LogP contribution in [-0.2, 0) is 11.2 Å². The highest BCUT2D eigenvalue weighted by Crippen LogP contribution is 2.20. The monoisotopic (exact) mass is 261 g/mol. The van der Waals surface area contributed by atoms with Gasteiger partial charge in [0.1, 0.15) is 0 Å². The molecule has 2 rings (SSSR count). The van der Waals surface area contributed by atoms with Gasteiger partial charge in [-0.05, 0) is 49.8 Å². The normalized spacial score (nSPS) is 16.6. The van der Waals surface area contributed by atoms with Gasteiger partial charge >= 0.3 is 0 Å². The Morgan fingerprint density at radius 2 is 2.21 bits per heavy atom. The molecule has 0 saturated carbocycles. The summed E-state index contributed by atoms with van der Waals surface area (Å²) in [6.07, 6.45) is 8.28. The number of carbonyl (C=O) groups is 1. The molecule has 1 fully saturated rings. The fourth-order valence-electron chi connectivity index (χ4n) is 2.66. The molecule has 0 aliphatic carbocycles. The molecule has 0 bridgehead atoms. The molecule has 0 aromatic carbocycles. The number of pyridine rings is 1. The third kappa shape index (κ3) is 4.31. The second kappa shape index (κ2) is 7.24. The smallest absolute Gasteiger partial charge is 0.222 e. The maximum absolute atomic E-state index is 12.1. The number of nitrogens with zero attached hydrogens (tertiary/aromatic N) is 2. The number of rotatable bonds is 5. The summed E-state index contributed by atoms with van der Waals surface area (Å²) < 4.78 is 0. The highest BCUT2D eigenvalue weighted by molar-refractivity contribution is 5.76. The average molecular weight is 261 g/mol. The SMILES string of the molecule is NCCC1CCN(C(=O)CCc2cccnc2)CC1. The van der Waals surface area contributed by atoms with Gasteiger partial charge in [-0.2, -0.15) is 0 Å². The summed E-state index contributed by atoms with van der Waals surface area (Å²) in [5.41, 5.74) is 6.71. The van der Waals surface area contributed by atoms with Gasteiger partial charge < -0.3 is 10.6 Å². The Morgan fingerprint density at radius 1 is 1.42 bits per heavy atom. The van der Waals surface area contributed by atoms with Crippen LogP contribution >= 0.6 is 0 Å². The molecule has 1 amide bonds. The fraction of sp³-hybridized carbons (Fsp3) is 0.600. The minimum atomic E-state index is 0.273. The van der Waals surface area contributed by atoms with Crippen molar-refractivity contribution in [2.24, 2.45) is 11.7 Å². The Balaban J connectivity index is 1.73. The summed E-state index contributed by atoms with van der Waals surface area (Å²) in [5.74, 6) is 0.988. The van der Waals surface area contributed by atoms with Crippen molar-refractivity contribution in [3.63, 3.8) is 0 Å². The van der Waals surface area contributed by atoms with Crippen LogP contribution in [0.25, 0.3) is 0 Å². The van der Waals surface area contributed by atoms with Crippen molar-refractivity contribution < 1.29 is 4.79 Å².